The SMILES string of the molecule is CCOc1cc(C=Nn2c([C@H](C)CC)nc3ccc(Br)cc3c2=O)cc(I)c1O[C@H](C)CC. The second kappa shape index (κ2) is 11.5. The van der Waals surface area contributed by atoms with Crippen LogP contribution in [0.3, 0.4) is 0 Å². The number of fused-ring (bicyclic) bond motifs is 1. The van der Waals surface area contributed by atoms with E-state index in [1.807, 2.05) is 38.1 Å². The van der Waals surface area contributed by atoms with Crippen LogP contribution < -0.4 is 15.0 Å². The van der Waals surface area contributed by atoms with E-state index in [0.717, 1.165) is 32.2 Å². The number of hydrogen-bond acceptors (Lipinski definition) is 5. The van der Waals surface area contributed by atoms with Crippen LogP contribution in [0.25, 0.3) is 10.9 Å². The molecule has 2 atom stereocenters. The van der Waals surface area contributed by atoms with Gasteiger partial charge in [-0.3, -0.25) is 4.79 Å². The Hall–Kier alpha value is -1.94. The van der Waals surface area contributed by atoms with Gasteiger partial charge in [0.1, 0.15) is 5.82 Å². The summed E-state index contributed by atoms with van der Waals surface area (Å²) in [4.78, 5) is 18.1. The first-order valence-electron chi connectivity index (χ1n) is 11.2. The van der Waals surface area contributed by atoms with Crippen molar-refractivity contribution >= 4 is 55.6 Å². The molecule has 33 heavy (non-hydrogen) atoms. The second-order valence-electron chi connectivity index (χ2n) is 7.90. The van der Waals surface area contributed by atoms with Crippen LogP contribution in [0.1, 0.15) is 64.8 Å². The molecular formula is C25H29BrIN3O3. The average molecular weight is 626 g/mol. The van der Waals surface area contributed by atoms with Gasteiger partial charge >= 0.3 is 0 Å². The lowest BCUT2D eigenvalue weighted by Crippen LogP contribution is -2.23. The van der Waals surface area contributed by atoms with Crippen LogP contribution in [0.15, 0.2) is 44.7 Å². The molecule has 0 spiro atoms. The molecule has 3 rings (SSSR count). The number of aromatic nitrogens is 2. The minimum Gasteiger partial charge on any atom is -0.490 e. The molecule has 0 radical (unpaired) electrons. The Labute approximate surface area is 216 Å². The summed E-state index contributed by atoms with van der Waals surface area (Å²) in [6.07, 6.45) is 3.50. The molecule has 0 saturated carbocycles. The van der Waals surface area contributed by atoms with Crippen molar-refractivity contribution in [3.05, 3.63) is 60.1 Å². The normalized spacial score (nSPS) is 13.4. The van der Waals surface area contributed by atoms with Gasteiger partial charge in [-0.15, -0.1) is 0 Å². The molecule has 0 aliphatic carbocycles. The smallest absolute Gasteiger partial charge is 0.282 e. The van der Waals surface area contributed by atoms with Gasteiger partial charge in [-0.05, 0) is 85.2 Å². The molecule has 0 aliphatic rings. The van der Waals surface area contributed by atoms with Gasteiger partial charge in [0.15, 0.2) is 11.5 Å². The maximum absolute atomic E-state index is 13.3. The molecule has 3 aromatic rings. The Morgan fingerprint density at radius 3 is 2.61 bits per heavy atom. The van der Waals surface area contributed by atoms with Crippen LogP contribution in [0.5, 0.6) is 11.5 Å². The van der Waals surface area contributed by atoms with Gasteiger partial charge in [0.2, 0.25) is 0 Å². The minimum absolute atomic E-state index is 0.0772. The van der Waals surface area contributed by atoms with Gasteiger partial charge < -0.3 is 9.47 Å². The van der Waals surface area contributed by atoms with Gasteiger partial charge in [-0.25, -0.2) is 4.98 Å². The Morgan fingerprint density at radius 1 is 1.18 bits per heavy atom. The van der Waals surface area contributed by atoms with E-state index < -0.39 is 0 Å². The van der Waals surface area contributed by atoms with E-state index in [2.05, 4.69) is 64.4 Å². The number of ether oxygens (including phenoxy) is 2. The van der Waals surface area contributed by atoms with Gasteiger partial charge in [-0.1, -0.05) is 36.7 Å². The number of hydrogen-bond donors (Lipinski definition) is 0. The standard InChI is InChI=1S/C25H29BrIN3O3/c1-6-15(4)24-29-21-10-9-18(26)13-19(21)25(31)30(24)28-14-17-11-20(27)23(33-16(5)7-2)22(12-17)32-8-3/h9-16H,6-8H2,1-5H3/t15-,16-/m1/s1. The van der Waals surface area contributed by atoms with Crippen molar-refractivity contribution in [2.45, 2.75) is 59.5 Å². The Kier molecular flexibility index (Phi) is 8.92. The van der Waals surface area contributed by atoms with E-state index in [1.54, 1.807) is 12.3 Å². The fraction of sp³-hybridized carbons (Fsp3) is 0.400. The molecule has 1 heterocycles. The van der Waals surface area contributed by atoms with E-state index in [1.165, 1.54) is 4.68 Å². The van der Waals surface area contributed by atoms with Gasteiger partial charge in [0.25, 0.3) is 5.56 Å². The van der Waals surface area contributed by atoms with Crippen molar-refractivity contribution < 1.29 is 9.47 Å². The second-order valence-corrected chi connectivity index (χ2v) is 9.98. The van der Waals surface area contributed by atoms with Gasteiger partial charge in [0, 0.05) is 10.4 Å². The maximum Gasteiger partial charge on any atom is 0.282 e. The molecule has 176 valence electrons. The predicted octanol–water partition coefficient (Wildman–Crippen LogP) is 6.74. The summed E-state index contributed by atoms with van der Waals surface area (Å²) >= 11 is 5.69. The number of halogens is 2. The van der Waals surface area contributed by atoms with Crippen molar-refractivity contribution in [2.75, 3.05) is 6.61 Å². The largest absolute Gasteiger partial charge is 0.490 e. The number of nitrogens with zero attached hydrogens (tertiary/aromatic N) is 3. The number of benzene rings is 2. The fourth-order valence-corrected chi connectivity index (χ4v) is 4.34. The first-order valence-corrected chi connectivity index (χ1v) is 13.1. The van der Waals surface area contributed by atoms with Crippen LogP contribution in [0, 0.1) is 3.57 Å². The summed E-state index contributed by atoms with van der Waals surface area (Å²) in [6.45, 7) is 10.7. The molecule has 8 heteroatoms. The highest BCUT2D eigenvalue weighted by atomic mass is 127. The molecule has 0 amide bonds. The highest BCUT2D eigenvalue weighted by molar-refractivity contribution is 14.1. The van der Waals surface area contributed by atoms with Crippen molar-refractivity contribution in [1.29, 1.82) is 0 Å². The third kappa shape index (κ3) is 5.95. The third-order valence-corrected chi connectivity index (χ3v) is 6.73. The van der Waals surface area contributed by atoms with Crippen molar-refractivity contribution in [3.63, 3.8) is 0 Å². The summed E-state index contributed by atoms with van der Waals surface area (Å²) in [5.74, 6) is 2.12. The van der Waals surface area contributed by atoms with Crippen LogP contribution in [0.4, 0.5) is 0 Å². The van der Waals surface area contributed by atoms with Crippen LogP contribution in [-0.4, -0.2) is 28.6 Å². The topological polar surface area (TPSA) is 65.7 Å². The molecule has 0 aliphatic heterocycles. The summed E-state index contributed by atoms with van der Waals surface area (Å²) in [7, 11) is 0. The van der Waals surface area contributed by atoms with E-state index in [4.69, 9.17) is 14.5 Å². The summed E-state index contributed by atoms with van der Waals surface area (Å²) in [5, 5.41) is 5.10. The molecule has 6 nitrogen and oxygen atoms in total. The molecule has 0 bridgehead atoms. The first-order chi connectivity index (χ1) is 15.8. The quantitative estimate of drug-likeness (QED) is 0.195. The van der Waals surface area contributed by atoms with Crippen molar-refractivity contribution in [1.82, 2.24) is 9.66 Å². The van der Waals surface area contributed by atoms with Gasteiger partial charge in [-0.2, -0.15) is 9.78 Å². The lowest BCUT2D eigenvalue weighted by Gasteiger charge is -2.18. The molecule has 0 N–H and O–H groups in total. The minimum atomic E-state index is -0.190. The van der Waals surface area contributed by atoms with Crippen LogP contribution >= 0.6 is 38.5 Å². The Bertz CT molecular complexity index is 1230. The predicted molar refractivity (Wildman–Crippen MR) is 146 cm³/mol. The maximum atomic E-state index is 13.3. The van der Waals surface area contributed by atoms with Gasteiger partial charge in [0.05, 0.1) is 33.4 Å². The third-order valence-electron chi connectivity index (χ3n) is 5.43. The Balaban J connectivity index is 2.11. The molecule has 1 aromatic heterocycles. The summed E-state index contributed by atoms with van der Waals surface area (Å²) in [5.41, 5.74) is 1.30. The zero-order valence-corrected chi connectivity index (χ0v) is 23.3. The zero-order chi connectivity index (χ0) is 24.1. The first kappa shape index (κ1) is 25.7. The summed E-state index contributed by atoms with van der Waals surface area (Å²) < 4.78 is 15.1. The Morgan fingerprint density at radius 2 is 1.94 bits per heavy atom. The highest BCUT2D eigenvalue weighted by Gasteiger charge is 2.17. The van der Waals surface area contributed by atoms with Crippen molar-refractivity contribution in [2.24, 2.45) is 5.10 Å². The van der Waals surface area contributed by atoms with E-state index in [9.17, 15) is 4.79 Å². The molecule has 0 unspecified atom stereocenters. The lowest BCUT2D eigenvalue weighted by atomic mass is 10.1. The van der Waals surface area contributed by atoms with Crippen molar-refractivity contribution in [3.8, 4) is 11.5 Å². The van der Waals surface area contributed by atoms with E-state index in [-0.39, 0.29) is 17.6 Å². The van der Waals surface area contributed by atoms with Crippen LogP contribution in [0.2, 0.25) is 0 Å². The number of rotatable bonds is 9. The van der Waals surface area contributed by atoms with E-state index >= 15 is 0 Å². The molecule has 2 aromatic carbocycles. The highest BCUT2D eigenvalue weighted by Crippen LogP contribution is 2.35. The lowest BCUT2D eigenvalue weighted by molar-refractivity contribution is 0.201. The molecule has 0 saturated heterocycles. The van der Waals surface area contributed by atoms with Crippen LogP contribution in [-0.2, 0) is 0 Å². The fourth-order valence-electron chi connectivity index (χ4n) is 3.23. The molecule has 0 fully saturated rings. The zero-order valence-electron chi connectivity index (χ0n) is 19.6. The van der Waals surface area contributed by atoms with E-state index in [0.29, 0.717) is 29.1 Å². The monoisotopic (exact) mass is 625 g/mol. The average Bonchev–Trinajstić information content (AvgIpc) is 2.80. The molecular weight excluding hydrogens is 597 g/mol. The summed E-state index contributed by atoms with van der Waals surface area (Å²) in [6, 6.07) is 9.40.